The van der Waals surface area contributed by atoms with E-state index in [2.05, 4.69) is 0 Å². The van der Waals surface area contributed by atoms with Gasteiger partial charge in [-0.15, -0.1) is 11.6 Å². The van der Waals surface area contributed by atoms with Gasteiger partial charge in [0.25, 0.3) is 5.69 Å². The van der Waals surface area contributed by atoms with Crippen molar-refractivity contribution < 1.29 is 4.92 Å². The van der Waals surface area contributed by atoms with Crippen LogP contribution in [0.25, 0.3) is 0 Å². The Morgan fingerprint density at radius 3 is 2.47 bits per heavy atom. The van der Waals surface area contributed by atoms with Gasteiger partial charge in [-0.3, -0.25) is 10.1 Å². The van der Waals surface area contributed by atoms with Crippen molar-refractivity contribution in [2.24, 2.45) is 0 Å². The van der Waals surface area contributed by atoms with Crippen molar-refractivity contribution in [3.63, 3.8) is 0 Å². The van der Waals surface area contributed by atoms with Crippen molar-refractivity contribution in [1.29, 1.82) is 0 Å². The average molecular weight is 276 g/mol. The molecule has 0 aliphatic carbocycles. The van der Waals surface area contributed by atoms with E-state index in [0.717, 1.165) is 17.5 Å². The van der Waals surface area contributed by atoms with Crippen LogP contribution >= 0.6 is 23.2 Å². The van der Waals surface area contributed by atoms with E-state index in [-0.39, 0.29) is 22.0 Å². The largest absolute Gasteiger partial charge is 0.288 e. The van der Waals surface area contributed by atoms with E-state index in [4.69, 9.17) is 23.2 Å². The molecule has 0 heterocycles. The van der Waals surface area contributed by atoms with Gasteiger partial charge in [-0.1, -0.05) is 18.5 Å². The number of halogens is 2. The monoisotopic (exact) mass is 275 g/mol. The molecule has 0 spiro atoms. The summed E-state index contributed by atoms with van der Waals surface area (Å²) in [6.07, 6.45) is 0.875. The number of rotatable bonds is 4. The number of aryl methyl sites for hydroxylation is 1. The first-order chi connectivity index (χ1) is 7.88. The molecule has 0 radical (unpaired) electrons. The highest BCUT2D eigenvalue weighted by Crippen LogP contribution is 2.35. The minimum Gasteiger partial charge on any atom is -0.258 e. The lowest BCUT2D eigenvalue weighted by Crippen LogP contribution is -2.10. The van der Waals surface area contributed by atoms with Crippen LogP contribution in [0.5, 0.6) is 0 Å². The summed E-state index contributed by atoms with van der Waals surface area (Å²) < 4.78 is 0. The maximum Gasteiger partial charge on any atom is 0.288 e. The fourth-order valence-electron chi connectivity index (χ4n) is 2.01. The highest BCUT2D eigenvalue weighted by Gasteiger charge is 2.22. The van der Waals surface area contributed by atoms with Crippen LogP contribution in [0.4, 0.5) is 5.69 Å². The van der Waals surface area contributed by atoms with Crippen molar-refractivity contribution >= 4 is 28.9 Å². The molecule has 1 rings (SSSR count). The highest BCUT2D eigenvalue weighted by atomic mass is 35.5. The van der Waals surface area contributed by atoms with Crippen LogP contribution in [0, 0.1) is 17.0 Å². The van der Waals surface area contributed by atoms with Crippen molar-refractivity contribution in [3.05, 3.63) is 38.4 Å². The zero-order chi connectivity index (χ0) is 13.2. The van der Waals surface area contributed by atoms with Gasteiger partial charge in [0.1, 0.15) is 5.02 Å². The number of nitrogens with zero attached hydrogens (tertiary/aromatic N) is 1. The summed E-state index contributed by atoms with van der Waals surface area (Å²) in [5.41, 5.74) is 1.80. The number of nitro benzene ring substituents is 1. The first-order valence-corrected chi connectivity index (χ1v) is 6.28. The van der Waals surface area contributed by atoms with Gasteiger partial charge >= 0.3 is 0 Å². The minimum absolute atomic E-state index is 0.0313. The summed E-state index contributed by atoms with van der Waals surface area (Å²) in [5.74, 6) is 0.162. The van der Waals surface area contributed by atoms with Crippen LogP contribution < -0.4 is 0 Å². The lowest BCUT2D eigenvalue weighted by molar-refractivity contribution is -0.384. The van der Waals surface area contributed by atoms with Gasteiger partial charge in [-0.2, -0.15) is 0 Å². The van der Waals surface area contributed by atoms with E-state index in [1.165, 1.54) is 6.07 Å². The molecule has 2 unspecified atom stereocenters. The van der Waals surface area contributed by atoms with Gasteiger partial charge in [-0.25, -0.2) is 0 Å². The summed E-state index contributed by atoms with van der Waals surface area (Å²) in [5, 5.41) is 10.9. The van der Waals surface area contributed by atoms with E-state index in [1.807, 2.05) is 20.8 Å². The van der Waals surface area contributed by atoms with Gasteiger partial charge in [0.2, 0.25) is 0 Å². The van der Waals surface area contributed by atoms with Crippen molar-refractivity contribution in [1.82, 2.24) is 0 Å². The Kier molecular flexibility index (Phi) is 4.78. The number of nitro groups is 1. The second kappa shape index (κ2) is 5.69. The lowest BCUT2D eigenvalue weighted by atomic mass is 9.90. The Labute approximate surface area is 111 Å². The van der Waals surface area contributed by atoms with Gasteiger partial charge in [0.15, 0.2) is 0 Å². The van der Waals surface area contributed by atoms with Crippen LogP contribution in [0.3, 0.4) is 0 Å². The van der Waals surface area contributed by atoms with E-state index >= 15 is 0 Å². The SMILES string of the molecule is CCC(c1cc(Cl)c([N+](=O)[O-])cc1C)C(C)Cl. The van der Waals surface area contributed by atoms with Crippen LogP contribution in [0.15, 0.2) is 12.1 Å². The highest BCUT2D eigenvalue weighted by molar-refractivity contribution is 6.32. The molecule has 0 fully saturated rings. The molecule has 0 bridgehead atoms. The first kappa shape index (κ1) is 14.3. The molecule has 2 atom stereocenters. The molecule has 0 N–H and O–H groups in total. The molecule has 1 aromatic carbocycles. The molecule has 0 saturated heterocycles. The molecular formula is C12H15Cl2NO2. The van der Waals surface area contributed by atoms with Crippen LogP contribution in [0.1, 0.15) is 37.3 Å². The second-order valence-electron chi connectivity index (χ2n) is 4.11. The quantitative estimate of drug-likeness (QED) is 0.455. The van der Waals surface area contributed by atoms with Crippen LogP contribution in [-0.2, 0) is 0 Å². The molecule has 0 aliphatic heterocycles. The third kappa shape index (κ3) is 3.11. The van der Waals surface area contributed by atoms with Gasteiger partial charge in [-0.05, 0) is 37.5 Å². The Balaban J connectivity index is 3.28. The van der Waals surface area contributed by atoms with Gasteiger partial charge < -0.3 is 0 Å². The lowest BCUT2D eigenvalue weighted by Gasteiger charge is -2.20. The maximum absolute atomic E-state index is 10.8. The standard InChI is InChI=1S/C12H15Cl2NO2/c1-4-9(8(3)13)10-6-11(14)12(15(16)17)5-7(10)2/h5-6,8-9H,4H2,1-3H3. The van der Waals surface area contributed by atoms with E-state index in [1.54, 1.807) is 6.07 Å². The van der Waals surface area contributed by atoms with Crippen molar-refractivity contribution in [3.8, 4) is 0 Å². The third-order valence-electron chi connectivity index (χ3n) is 2.93. The van der Waals surface area contributed by atoms with Gasteiger partial charge in [0, 0.05) is 17.4 Å². The number of hydrogen-bond donors (Lipinski definition) is 0. The smallest absolute Gasteiger partial charge is 0.258 e. The van der Waals surface area contributed by atoms with E-state index in [0.29, 0.717) is 0 Å². The summed E-state index contributed by atoms with van der Waals surface area (Å²) in [4.78, 5) is 10.3. The van der Waals surface area contributed by atoms with Crippen molar-refractivity contribution in [2.45, 2.75) is 38.5 Å². The average Bonchev–Trinajstić information content (AvgIpc) is 2.22. The molecule has 0 saturated carbocycles. The second-order valence-corrected chi connectivity index (χ2v) is 5.21. The Morgan fingerprint density at radius 2 is 2.06 bits per heavy atom. The summed E-state index contributed by atoms with van der Waals surface area (Å²) in [7, 11) is 0. The Hall–Kier alpha value is -0.800. The Morgan fingerprint density at radius 1 is 1.47 bits per heavy atom. The molecule has 5 heteroatoms. The van der Waals surface area contributed by atoms with Crippen LogP contribution in [0.2, 0.25) is 5.02 Å². The predicted molar refractivity (Wildman–Crippen MR) is 71.2 cm³/mol. The first-order valence-electron chi connectivity index (χ1n) is 5.47. The summed E-state index contributed by atoms with van der Waals surface area (Å²) in [6, 6.07) is 3.18. The Bertz CT molecular complexity index is 433. The number of benzene rings is 1. The molecule has 0 amide bonds. The molecule has 0 aliphatic rings. The van der Waals surface area contributed by atoms with E-state index < -0.39 is 4.92 Å². The molecular weight excluding hydrogens is 261 g/mol. The predicted octanol–water partition coefficient (Wildman–Crippen LogP) is 4.68. The molecule has 94 valence electrons. The van der Waals surface area contributed by atoms with Gasteiger partial charge in [0.05, 0.1) is 4.92 Å². The van der Waals surface area contributed by atoms with E-state index in [9.17, 15) is 10.1 Å². The topological polar surface area (TPSA) is 43.1 Å². The fraction of sp³-hybridized carbons (Fsp3) is 0.500. The molecule has 0 aromatic heterocycles. The third-order valence-corrected chi connectivity index (χ3v) is 3.53. The van der Waals surface area contributed by atoms with Crippen LogP contribution in [-0.4, -0.2) is 10.3 Å². The van der Waals surface area contributed by atoms with Crippen molar-refractivity contribution in [2.75, 3.05) is 0 Å². The molecule has 1 aromatic rings. The number of alkyl halides is 1. The zero-order valence-electron chi connectivity index (χ0n) is 10.0. The molecule has 3 nitrogen and oxygen atoms in total. The fourth-order valence-corrected chi connectivity index (χ4v) is 2.57. The number of hydrogen-bond acceptors (Lipinski definition) is 2. The zero-order valence-corrected chi connectivity index (χ0v) is 11.5. The summed E-state index contributed by atoms with van der Waals surface area (Å²) >= 11 is 12.0. The minimum atomic E-state index is -0.468. The molecule has 17 heavy (non-hydrogen) atoms. The summed E-state index contributed by atoms with van der Waals surface area (Å²) in [6.45, 7) is 5.81. The maximum atomic E-state index is 10.8. The normalized spacial score (nSPS) is 14.4.